The summed E-state index contributed by atoms with van der Waals surface area (Å²) in [6.07, 6.45) is 3.75. The molecule has 29 heavy (non-hydrogen) atoms. The quantitative estimate of drug-likeness (QED) is 0.726. The van der Waals surface area contributed by atoms with Gasteiger partial charge in [-0.1, -0.05) is 43.7 Å². The van der Waals surface area contributed by atoms with E-state index in [1.54, 1.807) is 19.2 Å². The molecule has 2 aromatic rings. The van der Waals surface area contributed by atoms with Crippen molar-refractivity contribution in [1.82, 2.24) is 10.0 Å². The van der Waals surface area contributed by atoms with Crippen LogP contribution in [0.25, 0.3) is 11.1 Å². The van der Waals surface area contributed by atoms with Crippen molar-refractivity contribution in [3.05, 3.63) is 48.0 Å². The van der Waals surface area contributed by atoms with Crippen LogP contribution in [0.4, 0.5) is 0 Å². The summed E-state index contributed by atoms with van der Waals surface area (Å²) in [5.41, 5.74) is 2.29. The Balaban J connectivity index is 2.11. The van der Waals surface area contributed by atoms with E-state index < -0.39 is 16.1 Å². The van der Waals surface area contributed by atoms with E-state index in [1.165, 1.54) is 0 Å². The van der Waals surface area contributed by atoms with Gasteiger partial charge in [0.05, 0.1) is 12.0 Å². The highest BCUT2D eigenvalue weighted by atomic mass is 32.2. The number of para-hydroxylation sites is 1. The fraction of sp³-hybridized carbons (Fsp3) is 0.409. The topological polar surface area (TPSA) is 84.5 Å². The molecule has 1 amide bonds. The monoisotopic (exact) mass is 416 g/mol. The van der Waals surface area contributed by atoms with Crippen molar-refractivity contribution in [3.63, 3.8) is 0 Å². The number of aryl methyl sites for hydroxylation is 1. The normalized spacial score (nSPS) is 17.4. The zero-order valence-electron chi connectivity index (χ0n) is 16.9. The SMILES string of the molecule is CCCc1cccc(S(=O)(=O)N[C@@H]2CCCCNC2=O)c1-c1ccccc1OC. The summed E-state index contributed by atoms with van der Waals surface area (Å²) in [7, 11) is -2.35. The van der Waals surface area contributed by atoms with Crippen molar-refractivity contribution in [2.75, 3.05) is 13.7 Å². The summed E-state index contributed by atoms with van der Waals surface area (Å²) in [6, 6.07) is 11.9. The molecule has 0 aliphatic carbocycles. The minimum Gasteiger partial charge on any atom is -0.496 e. The zero-order chi connectivity index (χ0) is 20.9. The largest absolute Gasteiger partial charge is 0.496 e. The van der Waals surface area contributed by atoms with Crippen LogP contribution >= 0.6 is 0 Å². The maximum absolute atomic E-state index is 13.4. The molecule has 2 aromatic carbocycles. The second kappa shape index (κ2) is 9.41. The number of amides is 1. The smallest absolute Gasteiger partial charge is 0.241 e. The first-order valence-electron chi connectivity index (χ1n) is 10.0. The lowest BCUT2D eigenvalue weighted by Crippen LogP contribution is -2.45. The van der Waals surface area contributed by atoms with Crippen LogP contribution in [0.15, 0.2) is 47.4 Å². The molecular formula is C22H28N2O4S. The van der Waals surface area contributed by atoms with Gasteiger partial charge in [-0.15, -0.1) is 0 Å². The molecule has 0 radical (unpaired) electrons. The van der Waals surface area contributed by atoms with Gasteiger partial charge in [-0.3, -0.25) is 4.79 Å². The zero-order valence-corrected chi connectivity index (χ0v) is 17.7. The van der Waals surface area contributed by atoms with Gasteiger partial charge in [-0.2, -0.15) is 4.72 Å². The van der Waals surface area contributed by atoms with Crippen LogP contribution in [0.2, 0.25) is 0 Å². The van der Waals surface area contributed by atoms with Gasteiger partial charge in [0.2, 0.25) is 15.9 Å². The first-order valence-corrected chi connectivity index (χ1v) is 11.5. The number of hydrogen-bond donors (Lipinski definition) is 2. The summed E-state index contributed by atoms with van der Waals surface area (Å²) in [5.74, 6) is 0.342. The third-order valence-corrected chi connectivity index (χ3v) is 6.64. The van der Waals surface area contributed by atoms with E-state index in [-0.39, 0.29) is 10.8 Å². The number of carbonyl (C=O) groups excluding carboxylic acids is 1. The number of methoxy groups -OCH3 is 1. The molecule has 1 atom stereocenters. The summed E-state index contributed by atoms with van der Waals surface area (Å²) in [6.45, 7) is 2.64. The molecule has 7 heteroatoms. The standard InChI is InChI=1S/C22H28N2O4S/c1-3-9-16-10-8-14-20(21(16)17-11-4-5-13-19(17)28-2)29(26,27)24-18-12-6-7-15-23-22(18)25/h4-5,8,10-11,13-14,18,24H,3,6-7,9,12,15H2,1-2H3,(H,23,25)/t18-/m1/s1. The van der Waals surface area contributed by atoms with Crippen molar-refractivity contribution in [2.45, 2.75) is 50.0 Å². The minimum atomic E-state index is -3.92. The first kappa shape index (κ1) is 21.3. The Bertz CT molecular complexity index is 973. The second-order valence-corrected chi connectivity index (χ2v) is 8.88. The van der Waals surface area contributed by atoms with E-state index in [2.05, 4.69) is 17.0 Å². The number of hydrogen-bond acceptors (Lipinski definition) is 4. The molecular weight excluding hydrogens is 388 g/mol. The fourth-order valence-electron chi connectivity index (χ4n) is 3.74. The van der Waals surface area contributed by atoms with Crippen molar-refractivity contribution < 1.29 is 17.9 Å². The maximum atomic E-state index is 13.4. The van der Waals surface area contributed by atoms with Crippen molar-refractivity contribution in [3.8, 4) is 16.9 Å². The number of carbonyl (C=O) groups is 1. The summed E-state index contributed by atoms with van der Waals surface area (Å²) in [4.78, 5) is 12.5. The minimum absolute atomic E-state index is 0.171. The van der Waals surface area contributed by atoms with Gasteiger partial charge in [0, 0.05) is 17.7 Å². The van der Waals surface area contributed by atoms with Gasteiger partial charge in [-0.25, -0.2) is 8.42 Å². The molecule has 0 unspecified atom stereocenters. The maximum Gasteiger partial charge on any atom is 0.241 e. The lowest BCUT2D eigenvalue weighted by Gasteiger charge is -2.20. The van der Waals surface area contributed by atoms with Crippen LogP contribution in [0, 0.1) is 0 Å². The van der Waals surface area contributed by atoms with E-state index in [0.717, 1.165) is 36.8 Å². The molecule has 1 heterocycles. The Labute approximate surface area is 172 Å². The van der Waals surface area contributed by atoms with E-state index in [0.29, 0.717) is 24.3 Å². The molecule has 0 aromatic heterocycles. The van der Waals surface area contributed by atoms with E-state index in [1.807, 2.05) is 30.3 Å². The number of ether oxygens (including phenoxy) is 1. The highest BCUT2D eigenvalue weighted by molar-refractivity contribution is 7.89. The van der Waals surface area contributed by atoms with Gasteiger partial charge in [-0.05, 0) is 43.4 Å². The van der Waals surface area contributed by atoms with Crippen LogP contribution < -0.4 is 14.8 Å². The second-order valence-electron chi connectivity index (χ2n) is 7.20. The third kappa shape index (κ3) is 4.79. The van der Waals surface area contributed by atoms with Gasteiger partial charge < -0.3 is 10.1 Å². The predicted octanol–water partition coefficient (Wildman–Crippen LogP) is 3.26. The molecule has 0 saturated carbocycles. The molecule has 1 fully saturated rings. The number of benzene rings is 2. The number of nitrogens with one attached hydrogen (secondary N) is 2. The number of rotatable bonds is 7. The average Bonchev–Trinajstić information content (AvgIpc) is 2.92. The molecule has 0 bridgehead atoms. The Hall–Kier alpha value is -2.38. The van der Waals surface area contributed by atoms with Crippen LogP contribution in [0.1, 0.15) is 38.2 Å². The van der Waals surface area contributed by atoms with Gasteiger partial charge in [0.25, 0.3) is 0 Å². The molecule has 0 spiro atoms. The predicted molar refractivity (Wildman–Crippen MR) is 113 cm³/mol. The lowest BCUT2D eigenvalue weighted by atomic mass is 9.96. The average molecular weight is 417 g/mol. The highest BCUT2D eigenvalue weighted by Crippen LogP contribution is 2.37. The first-order chi connectivity index (χ1) is 14.0. The van der Waals surface area contributed by atoms with Crippen molar-refractivity contribution in [1.29, 1.82) is 0 Å². The molecule has 156 valence electrons. The van der Waals surface area contributed by atoms with Gasteiger partial charge >= 0.3 is 0 Å². The van der Waals surface area contributed by atoms with Crippen molar-refractivity contribution in [2.24, 2.45) is 0 Å². The summed E-state index contributed by atoms with van der Waals surface area (Å²) < 4.78 is 34.9. The molecule has 1 aliphatic heterocycles. The van der Waals surface area contributed by atoms with Crippen molar-refractivity contribution >= 4 is 15.9 Å². The Kier molecular flexibility index (Phi) is 6.92. The van der Waals surface area contributed by atoms with Crippen LogP contribution in [0.3, 0.4) is 0 Å². The van der Waals surface area contributed by atoms with Crippen LogP contribution in [-0.4, -0.2) is 34.0 Å². The highest BCUT2D eigenvalue weighted by Gasteiger charge is 2.29. The van der Waals surface area contributed by atoms with Gasteiger partial charge in [0.1, 0.15) is 11.8 Å². The lowest BCUT2D eigenvalue weighted by molar-refractivity contribution is -0.122. The van der Waals surface area contributed by atoms with Crippen LogP contribution in [0.5, 0.6) is 5.75 Å². The van der Waals surface area contributed by atoms with E-state index >= 15 is 0 Å². The third-order valence-electron chi connectivity index (χ3n) is 5.13. The molecule has 1 aliphatic rings. The summed E-state index contributed by atoms with van der Waals surface area (Å²) in [5, 5.41) is 2.78. The molecule has 1 saturated heterocycles. The Morgan fingerprint density at radius 3 is 2.69 bits per heavy atom. The van der Waals surface area contributed by atoms with Crippen LogP contribution in [-0.2, 0) is 21.2 Å². The van der Waals surface area contributed by atoms with E-state index in [4.69, 9.17) is 4.74 Å². The molecule has 6 nitrogen and oxygen atoms in total. The molecule has 3 rings (SSSR count). The number of sulfonamides is 1. The fourth-order valence-corrected chi connectivity index (χ4v) is 5.23. The molecule has 2 N–H and O–H groups in total. The Morgan fingerprint density at radius 2 is 1.93 bits per heavy atom. The van der Waals surface area contributed by atoms with Gasteiger partial charge in [0.15, 0.2) is 0 Å². The Morgan fingerprint density at radius 1 is 1.14 bits per heavy atom. The van der Waals surface area contributed by atoms with E-state index in [9.17, 15) is 13.2 Å². The summed E-state index contributed by atoms with van der Waals surface area (Å²) >= 11 is 0.